The molecule has 1 saturated heterocycles. The van der Waals surface area contributed by atoms with Gasteiger partial charge in [-0.2, -0.15) is 0 Å². The standard InChI is InChI=1S/C28H42N2O/c31-28(27(22-12-6-2-7-13-22)23-14-8-3-9-15-23)29-26-17-16-24-19-30(20-25(24)26)18-21-10-4-1-5-11-21/h1,4-5,10-11,22-27H,2-3,6-9,12-20H2,(H,29,31)/t24-,25-,26-/m1/s1. The summed E-state index contributed by atoms with van der Waals surface area (Å²) in [4.78, 5) is 16.4. The van der Waals surface area contributed by atoms with Crippen LogP contribution in [0.25, 0.3) is 0 Å². The molecule has 31 heavy (non-hydrogen) atoms. The van der Waals surface area contributed by atoms with Crippen molar-refractivity contribution in [3.8, 4) is 0 Å². The first-order valence-electron chi connectivity index (χ1n) is 13.3. The number of carbonyl (C=O) groups excluding carboxylic acids is 1. The Labute approximate surface area is 189 Å². The number of likely N-dealkylation sites (tertiary alicyclic amines) is 1. The zero-order valence-corrected chi connectivity index (χ0v) is 19.3. The fraction of sp³-hybridized carbons (Fsp3) is 0.750. The van der Waals surface area contributed by atoms with Gasteiger partial charge in [0.05, 0.1) is 0 Å². The van der Waals surface area contributed by atoms with Gasteiger partial charge in [0.1, 0.15) is 0 Å². The molecular weight excluding hydrogens is 380 g/mol. The van der Waals surface area contributed by atoms with Crippen LogP contribution < -0.4 is 5.32 Å². The van der Waals surface area contributed by atoms with E-state index < -0.39 is 0 Å². The summed E-state index contributed by atoms with van der Waals surface area (Å²) >= 11 is 0. The molecule has 3 saturated carbocycles. The molecule has 4 aliphatic rings. The number of fused-ring (bicyclic) bond motifs is 1. The van der Waals surface area contributed by atoms with Gasteiger partial charge in [0.15, 0.2) is 0 Å². The molecule has 1 aliphatic heterocycles. The van der Waals surface area contributed by atoms with Gasteiger partial charge in [-0.25, -0.2) is 0 Å². The highest BCUT2D eigenvalue weighted by molar-refractivity contribution is 5.79. The lowest BCUT2D eigenvalue weighted by Gasteiger charge is -2.37. The monoisotopic (exact) mass is 422 g/mol. The van der Waals surface area contributed by atoms with Crippen molar-refractivity contribution in [2.24, 2.45) is 29.6 Å². The first-order chi connectivity index (χ1) is 15.3. The molecule has 1 N–H and O–H groups in total. The minimum atomic E-state index is 0.293. The van der Waals surface area contributed by atoms with Crippen LogP contribution in [-0.2, 0) is 11.3 Å². The van der Waals surface area contributed by atoms with E-state index in [1.54, 1.807) is 0 Å². The van der Waals surface area contributed by atoms with Crippen LogP contribution in [0.4, 0.5) is 0 Å². The Balaban J connectivity index is 1.22. The molecule has 3 atom stereocenters. The van der Waals surface area contributed by atoms with E-state index in [1.807, 2.05) is 0 Å². The molecule has 0 spiro atoms. The molecule has 1 amide bonds. The summed E-state index contributed by atoms with van der Waals surface area (Å²) in [7, 11) is 0. The van der Waals surface area contributed by atoms with Crippen LogP contribution in [0, 0.1) is 29.6 Å². The molecule has 5 rings (SSSR count). The molecule has 1 heterocycles. The van der Waals surface area contributed by atoms with Crippen LogP contribution in [0.1, 0.15) is 82.6 Å². The van der Waals surface area contributed by atoms with Gasteiger partial charge < -0.3 is 5.32 Å². The van der Waals surface area contributed by atoms with E-state index in [-0.39, 0.29) is 0 Å². The van der Waals surface area contributed by atoms with Gasteiger partial charge in [-0.05, 0) is 67.8 Å². The Morgan fingerprint density at radius 2 is 1.48 bits per heavy atom. The lowest BCUT2D eigenvalue weighted by atomic mass is 9.69. The van der Waals surface area contributed by atoms with Crippen LogP contribution >= 0.6 is 0 Å². The highest BCUT2D eigenvalue weighted by Crippen LogP contribution is 2.42. The highest BCUT2D eigenvalue weighted by Gasteiger charge is 2.44. The third-order valence-corrected chi connectivity index (χ3v) is 9.13. The summed E-state index contributed by atoms with van der Waals surface area (Å²) in [6.45, 7) is 3.42. The van der Waals surface area contributed by atoms with E-state index in [4.69, 9.17) is 0 Å². The normalized spacial score (nSPS) is 30.5. The fourth-order valence-corrected chi connectivity index (χ4v) is 7.59. The average Bonchev–Trinajstić information content (AvgIpc) is 3.37. The number of nitrogens with one attached hydrogen (secondary N) is 1. The molecule has 0 unspecified atom stereocenters. The second-order valence-corrected chi connectivity index (χ2v) is 11.1. The van der Waals surface area contributed by atoms with Crippen molar-refractivity contribution in [1.29, 1.82) is 0 Å². The molecule has 0 aromatic heterocycles. The SMILES string of the molecule is O=C(N[C@@H]1CC[C@@H]2CN(Cc3ccccc3)C[C@H]21)C(C1CCCCC1)C1CCCCC1. The van der Waals surface area contributed by atoms with Crippen molar-refractivity contribution in [2.75, 3.05) is 13.1 Å². The Bertz CT molecular complexity index is 689. The smallest absolute Gasteiger partial charge is 0.223 e. The zero-order chi connectivity index (χ0) is 21.0. The molecule has 170 valence electrons. The topological polar surface area (TPSA) is 32.3 Å². The molecule has 3 heteroatoms. The average molecular weight is 423 g/mol. The summed E-state index contributed by atoms with van der Waals surface area (Å²) in [5.41, 5.74) is 1.41. The van der Waals surface area contributed by atoms with Gasteiger partial charge in [-0.15, -0.1) is 0 Å². The minimum absolute atomic E-state index is 0.293. The Morgan fingerprint density at radius 1 is 0.839 bits per heavy atom. The summed E-state index contributed by atoms with van der Waals surface area (Å²) in [6, 6.07) is 11.3. The van der Waals surface area contributed by atoms with Gasteiger partial charge in [0.25, 0.3) is 0 Å². The number of carbonyl (C=O) groups is 1. The van der Waals surface area contributed by atoms with Gasteiger partial charge in [0, 0.05) is 31.6 Å². The number of amides is 1. The molecule has 1 aromatic rings. The third kappa shape index (κ3) is 5.02. The number of hydrogen-bond donors (Lipinski definition) is 1. The molecule has 0 bridgehead atoms. The maximum absolute atomic E-state index is 13.7. The summed E-state index contributed by atoms with van der Waals surface area (Å²) in [5.74, 6) is 3.45. The van der Waals surface area contributed by atoms with Gasteiger partial charge in [0.2, 0.25) is 5.91 Å². The maximum atomic E-state index is 13.7. The fourth-order valence-electron chi connectivity index (χ4n) is 7.59. The number of nitrogens with zero attached hydrogens (tertiary/aromatic N) is 1. The van der Waals surface area contributed by atoms with Crippen LogP contribution in [-0.4, -0.2) is 29.9 Å². The van der Waals surface area contributed by atoms with Crippen molar-refractivity contribution in [1.82, 2.24) is 10.2 Å². The summed E-state index contributed by atoms with van der Waals surface area (Å²) in [5, 5.41) is 3.66. The second-order valence-electron chi connectivity index (χ2n) is 11.1. The summed E-state index contributed by atoms with van der Waals surface area (Å²) in [6.07, 6.45) is 15.7. The van der Waals surface area contributed by atoms with Crippen LogP contribution in [0.5, 0.6) is 0 Å². The van der Waals surface area contributed by atoms with Crippen molar-refractivity contribution in [2.45, 2.75) is 89.6 Å². The Kier molecular flexibility index (Phi) is 6.98. The molecule has 3 aliphatic carbocycles. The lowest BCUT2D eigenvalue weighted by Crippen LogP contribution is -2.47. The second kappa shape index (κ2) is 10.1. The Morgan fingerprint density at radius 3 is 2.13 bits per heavy atom. The van der Waals surface area contributed by atoms with Crippen LogP contribution in [0.15, 0.2) is 30.3 Å². The van der Waals surface area contributed by atoms with Crippen molar-refractivity contribution in [3.05, 3.63) is 35.9 Å². The van der Waals surface area contributed by atoms with Gasteiger partial charge in [-0.1, -0.05) is 68.9 Å². The first kappa shape index (κ1) is 21.5. The number of hydrogen-bond acceptors (Lipinski definition) is 2. The quantitative estimate of drug-likeness (QED) is 0.629. The van der Waals surface area contributed by atoms with Gasteiger partial charge in [-0.3, -0.25) is 9.69 Å². The molecular formula is C28H42N2O. The van der Waals surface area contributed by atoms with E-state index in [1.165, 1.54) is 89.2 Å². The molecule has 3 nitrogen and oxygen atoms in total. The first-order valence-corrected chi connectivity index (χ1v) is 13.3. The van der Waals surface area contributed by atoms with E-state index in [2.05, 4.69) is 40.5 Å². The molecule has 4 fully saturated rings. The predicted octanol–water partition coefficient (Wildman–Crippen LogP) is 5.79. The van der Waals surface area contributed by atoms with Crippen molar-refractivity contribution >= 4 is 5.91 Å². The Hall–Kier alpha value is -1.35. The number of benzene rings is 1. The van der Waals surface area contributed by atoms with Crippen LogP contribution in [0.3, 0.4) is 0 Å². The maximum Gasteiger partial charge on any atom is 0.223 e. The highest BCUT2D eigenvalue weighted by atomic mass is 16.2. The minimum Gasteiger partial charge on any atom is -0.353 e. The number of rotatable bonds is 6. The zero-order valence-electron chi connectivity index (χ0n) is 19.3. The van der Waals surface area contributed by atoms with Crippen molar-refractivity contribution in [3.63, 3.8) is 0 Å². The molecule has 1 aromatic carbocycles. The van der Waals surface area contributed by atoms with Crippen molar-refractivity contribution < 1.29 is 4.79 Å². The third-order valence-electron chi connectivity index (χ3n) is 9.13. The molecule has 0 radical (unpaired) electrons. The van der Waals surface area contributed by atoms with Gasteiger partial charge >= 0.3 is 0 Å². The largest absolute Gasteiger partial charge is 0.353 e. The van der Waals surface area contributed by atoms with E-state index in [0.717, 1.165) is 19.0 Å². The van der Waals surface area contributed by atoms with E-state index in [0.29, 0.717) is 35.6 Å². The van der Waals surface area contributed by atoms with E-state index in [9.17, 15) is 4.79 Å². The predicted molar refractivity (Wildman–Crippen MR) is 127 cm³/mol. The van der Waals surface area contributed by atoms with Crippen LogP contribution in [0.2, 0.25) is 0 Å². The lowest BCUT2D eigenvalue weighted by molar-refractivity contribution is -0.131. The van der Waals surface area contributed by atoms with E-state index >= 15 is 0 Å². The summed E-state index contributed by atoms with van der Waals surface area (Å²) < 4.78 is 0.